The largest absolute Gasteiger partial charge is 0.477 e. The highest BCUT2D eigenvalue weighted by Crippen LogP contribution is 2.39. The molecular formula is C15H23N3O. The van der Waals surface area contributed by atoms with Crippen molar-refractivity contribution in [1.82, 2.24) is 9.97 Å². The quantitative estimate of drug-likeness (QED) is 0.853. The van der Waals surface area contributed by atoms with Gasteiger partial charge in [-0.15, -0.1) is 0 Å². The third kappa shape index (κ3) is 3.37. The monoisotopic (exact) mass is 261 g/mol. The average molecular weight is 261 g/mol. The molecule has 1 aromatic heterocycles. The molecule has 0 aromatic carbocycles. The second-order valence-corrected chi connectivity index (χ2v) is 5.72. The number of rotatable bonds is 6. The lowest BCUT2D eigenvalue weighted by Crippen LogP contribution is -2.11. The molecule has 4 heteroatoms. The van der Waals surface area contributed by atoms with E-state index < -0.39 is 0 Å². The van der Waals surface area contributed by atoms with Crippen LogP contribution >= 0.6 is 0 Å². The van der Waals surface area contributed by atoms with Gasteiger partial charge in [0.1, 0.15) is 11.6 Å². The van der Waals surface area contributed by atoms with Crippen molar-refractivity contribution in [2.24, 2.45) is 5.92 Å². The first-order valence-electron chi connectivity index (χ1n) is 7.61. The number of ether oxygens (including phenoxy) is 1. The Kier molecular flexibility index (Phi) is 3.85. The first-order valence-corrected chi connectivity index (χ1v) is 7.61. The maximum absolute atomic E-state index is 5.90. The Labute approximate surface area is 115 Å². The van der Waals surface area contributed by atoms with Crippen LogP contribution in [0.4, 0.5) is 5.82 Å². The summed E-state index contributed by atoms with van der Waals surface area (Å²) in [6.07, 6.45) is 7.76. The lowest BCUT2D eigenvalue weighted by Gasteiger charge is -2.12. The normalized spacial score (nSPS) is 19.6. The van der Waals surface area contributed by atoms with Crippen molar-refractivity contribution in [1.29, 1.82) is 0 Å². The summed E-state index contributed by atoms with van der Waals surface area (Å²) in [6.45, 7) is 3.77. The van der Waals surface area contributed by atoms with Gasteiger partial charge in [-0.25, -0.2) is 4.98 Å². The molecule has 0 atom stereocenters. The summed E-state index contributed by atoms with van der Waals surface area (Å²) in [7, 11) is 0. The number of hydrogen-bond acceptors (Lipinski definition) is 4. The molecule has 0 bridgehead atoms. The van der Waals surface area contributed by atoms with Crippen molar-refractivity contribution < 1.29 is 4.74 Å². The first kappa shape index (κ1) is 12.7. The summed E-state index contributed by atoms with van der Waals surface area (Å²) in [4.78, 5) is 9.13. The maximum atomic E-state index is 5.90. The lowest BCUT2D eigenvalue weighted by molar-refractivity contribution is 0.242. The molecule has 0 radical (unpaired) electrons. The van der Waals surface area contributed by atoms with Crippen molar-refractivity contribution in [3.05, 3.63) is 11.9 Å². The number of nitrogens with one attached hydrogen (secondary N) is 1. The second-order valence-electron chi connectivity index (χ2n) is 5.72. The van der Waals surface area contributed by atoms with Crippen LogP contribution in [0.5, 0.6) is 5.88 Å². The van der Waals surface area contributed by atoms with Gasteiger partial charge in [0.15, 0.2) is 0 Å². The maximum Gasteiger partial charge on any atom is 0.218 e. The van der Waals surface area contributed by atoms with E-state index in [0.29, 0.717) is 5.92 Å². The summed E-state index contributed by atoms with van der Waals surface area (Å²) in [5.74, 6) is 3.90. The molecule has 0 unspecified atom stereocenters. The highest BCUT2D eigenvalue weighted by atomic mass is 16.5. The lowest BCUT2D eigenvalue weighted by atomic mass is 10.1. The molecule has 0 amide bonds. The molecule has 2 saturated carbocycles. The van der Waals surface area contributed by atoms with Crippen molar-refractivity contribution in [3.8, 4) is 5.88 Å². The third-order valence-electron chi connectivity index (χ3n) is 3.96. The highest BCUT2D eigenvalue weighted by molar-refractivity contribution is 5.39. The van der Waals surface area contributed by atoms with Crippen LogP contribution in [0.15, 0.2) is 6.07 Å². The molecule has 3 rings (SSSR count). The zero-order valence-corrected chi connectivity index (χ0v) is 11.7. The molecule has 2 fully saturated rings. The predicted octanol–water partition coefficient (Wildman–Crippen LogP) is 3.35. The molecule has 1 N–H and O–H groups in total. The zero-order chi connectivity index (χ0) is 13.1. The fraction of sp³-hybridized carbons (Fsp3) is 0.733. The van der Waals surface area contributed by atoms with Crippen LogP contribution < -0.4 is 10.1 Å². The van der Waals surface area contributed by atoms with E-state index in [2.05, 4.69) is 22.2 Å². The van der Waals surface area contributed by atoms with E-state index in [1.54, 1.807) is 0 Å². The van der Waals surface area contributed by atoms with Gasteiger partial charge in [0.05, 0.1) is 6.61 Å². The fourth-order valence-electron chi connectivity index (χ4n) is 2.69. The summed E-state index contributed by atoms with van der Waals surface area (Å²) < 4.78 is 5.90. The molecule has 104 valence electrons. The third-order valence-corrected chi connectivity index (χ3v) is 3.96. The van der Waals surface area contributed by atoms with Gasteiger partial charge >= 0.3 is 0 Å². The topological polar surface area (TPSA) is 47.0 Å². The van der Waals surface area contributed by atoms with Gasteiger partial charge in [0, 0.05) is 18.5 Å². The van der Waals surface area contributed by atoms with E-state index in [1.165, 1.54) is 38.5 Å². The van der Waals surface area contributed by atoms with Crippen LogP contribution in [0.1, 0.15) is 57.2 Å². The molecule has 1 heterocycles. The van der Waals surface area contributed by atoms with E-state index in [-0.39, 0.29) is 0 Å². The van der Waals surface area contributed by atoms with E-state index in [9.17, 15) is 0 Å². The second kappa shape index (κ2) is 5.76. The molecule has 4 nitrogen and oxygen atoms in total. The highest BCUT2D eigenvalue weighted by Gasteiger charge is 2.27. The minimum atomic E-state index is 0.562. The van der Waals surface area contributed by atoms with Crippen LogP contribution in [-0.4, -0.2) is 23.1 Å². The molecule has 19 heavy (non-hydrogen) atoms. The molecule has 0 saturated heterocycles. The van der Waals surface area contributed by atoms with Crippen LogP contribution in [0, 0.1) is 5.92 Å². The summed E-state index contributed by atoms with van der Waals surface area (Å²) in [6, 6.07) is 1.93. The Bertz CT molecular complexity index is 425. The minimum Gasteiger partial charge on any atom is -0.477 e. The van der Waals surface area contributed by atoms with Gasteiger partial charge in [-0.3, -0.25) is 0 Å². The van der Waals surface area contributed by atoms with E-state index in [0.717, 1.165) is 36.6 Å². The van der Waals surface area contributed by atoms with Gasteiger partial charge in [-0.05, 0) is 38.5 Å². The van der Waals surface area contributed by atoms with Gasteiger partial charge < -0.3 is 10.1 Å². The van der Waals surface area contributed by atoms with Crippen molar-refractivity contribution >= 4 is 5.82 Å². The molecule has 2 aliphatic rings. The van der Waals surface area contributed by atoms with Gasteiger partial charge in [0.25, 0.3) is 0 Å². The summed E-state index contributed by atoms with van der Waals surface area (Å²) in [5, 5.41) is 3.27. The molecular weight excluding hydrogens is 238 g/mol. The standard InChI is InChI=1S/C15H23N3O/c1-2-16-13-9-14(18-15(17-13)12-7-8-12)19-10-11-5-3-4-6-11/h9,11-12H,2-8,10H2,1H3,(H,16,17,18). The van der Waals surface area contributed by atoms with E-state index in [1.807, 2.05) is 6.07 Å². The first-order chi connectivity index (χ1) is 9.35. The summed E-state index contributed by atoms with van der Waals surface area (Å²) >= 11 is 0. The Hall–Kier alpha value is -1.32. The van der Waals surface area contributed by atoms with Crippen molar-refractivity contribution in [2.45, 2.75) is 51.4 Å². The number of anilines is 1. The van der Waals surface area contributed by atoms with Crippen LogP contribution in [0.25, 0.3) is 0 Å². The Morgan fingerprint density at radius 2 is 2.00 bits per heavy atom. The Morgan fingerprint density at radius 3 is 2.68 bits per heavy atom. The molecule has 0 aliphatic heterocycles. The molecule has 0 spiro atoms. The van der Waals surface area contributed by atoms with Crippen LogP contribution in [-0.2, 0) is 0 Å². The zero-order valence-electron chi connectivity index (χ0n) is 11.7. The summed E-state index contributed by atoms with van der Waals surface area (Å²) in [5.41, 5.74) is 0. The fourth-order valence-corrected chi connectivity index (χ4v) is 2.69. The number of aromatic nitrogens is 2. The Balaban J connectivity index is 1.67. The van der Waals surface area contributed by atoms with Gasteiger partial charge in [-0.1, -0.05) is 12.8 Å². The average Bonchev–Trinajstić information content (AvgIpc) is 3.14. The van der Waals surface area contributed by atoms with Crippen molar-refractivity contribution in [2.75, 3.05) is 18.5 Å². The SMILES string of the molecule is CCNc1cc(OCC2CCCC2)nc(C2CC2)n1. The molecule has 2 aliphatic carbocycles. The van der Waals surface area contributed by atoms with Gasteiger partial charge in [0.2, 0.25) is 5.88 Å². The van der Waals surface area contributed by atoms with E-state index >= 15 is 0 Å². The number of nitrogens with zero attached hydrogens (tertiary/aromatic N) is 2. The minimum absolute atomic E-state index is 0.562. The Morgan fingerprint density at radius 1 is 1.21 bits per heavy atom. The smallest absolute Gasteiger partial charge is 0.218 e. The van der Waals surface area contributed by atoms with Crippen molar-refractivity contribution in [3.63, 3.8) is 0 Å². The van der Waals surface area contributed by atoms with Gasteiger partial charge in [-0.2, -0.15) is 4.98 Å². The number of hydrogen-bond donors (Lipinski definition) is 1. The van der Waals surface area contributed by atoms with Crippen LogP contribution in [0.2, 0.25) is 0 Å². The van der Waals surface area contributed by atoms with E-state index in [4.69, 9.17) is 4.74 Å². The molecule has 1 aromatic rings. The predicted molar refractivity (Wildman–Crippen MR) is 75.6 cm³/mol. The van der Waals surface area contributed by atoms with Crippen LogP contribution in [0.3, 0.4) is 0 Å².